The Hall–Kier alpha value is -4.57. The van der Waals surface area contributed by atoms with Crippen molar-refractivity contribution in [1.82, 2.24) is 19.4 Å². The largest absolute Gasteiger partial charge is 0.444 e. The van der Waals surface area contributed by atoms with Crippen LogP contribution in [-0.2, 0) is 11.3 Å². The minimum absolute atomic E-state index is 0.237. The fraction of sp³-hybridized carbons (Fsp3) is 0.303. The van der Waals surface area contributed by atoms with Gasteiger partial charge in [-0.3, -0.25) is 0 Å². The second-order valence-electron chi connectivity index (χ2n) is 11.6. The first-order valence-electron chi connectivity index (χ1n) is 13.8. The molecule has 1 aliphatic heterocycles. The number of carbonyl (C=O) groups is 1. The van der Waals surface area contributed by atoms with Gasteiger partial charge in [-0.15, -0.1) is 0 Å². The van der Waals surface area contributed by atoms with E-state index in [1.165, 1.54) is 5.56 Å². The lowest BCUT2D eigenvalue weighted by molar-refractivity contribution is 0.0204. The van der Waals surface area contributed by atoms with E-state index in [9.17, 15) is 10.1 Å². The maximum absolute atomic E-state index is 12.5. The van der Waals surface area contributed by atoms with E-state index < -0.39 is 5.60 Å². The summed E-state index contributed by atoms with van der Waals surface area (Å²) in [5, 5.41) is 11.8. The minimum Gasteiger partial charge on any atom is -0.444 e. The first-order chi connectivity index (χ1) is 19.3. The van der Waals surface area contributed by atoms with Crippen LogP contribution in [0.5, 0.6) is 0 Å². The van der Waals surface area contributed by atoms with Gasteiger partial charge in [0.15, 0.2) is 0 Å². The van der Waals surface area contributed by atoms with Gasteiger partial charge >= 0.3 is 6.09 Å². The van der Waals surface area contributed by atoms with Crippen LogP contribution in [0.4, 0.5) is 4.79 Å². The molecule has 0 unspecified atom stereocenters. The van der Waals surface area contributed by atoms with E-state index in [4.69, 9.17) is 4.74 Å². The Morgan fingerprint density at radius 2 is 1.85 bits per heavy atom. The number of nitriles is 1. The number of hydrogen-bond donors (Lipinski definition) is 1. The molecule has 7 nitrogen and oxygen atoms in total. The van der Waals surface area contributed by atoms with Gasteiger partial charge in [-0.1, -0.05) is 42.5 Å². The van der Waals surface area contributed by atoms with Gasteiger partial charge in [-0.05, 0) is 68.5 Å². The number of rotatable bonds is 4. The first kappa shape index (κ1) is 25.7. The van der Waals surface area contributed by atoms with Crippen molar-refractivity contribution in [2.75, 3.05) is 13.1 Å². The number of hydrogen-bond acceptors (Lipinski definition) is 4. The number of nitrogens with one attached hydrogen (secondary N) is 1. The predicted molar refractivity (Wildman–Crippen MR) is 157 cm³/mol. The van der Waals surface area contributed by atoms with Crippen LogP contribution in [0.1, 0.15) is 56.4 Å². The highest BCUT2D eigenvalue weighted by atomic mass is 16.6. The Labute approximate surface area is 234 Å². The highest BCUT2D eigenvalue weighted by Crippen LogP contribution is 2.35. The van der Waals surface area contributed by atoms with E-state index in [-0.39, 0.29) is 6.09 Å². The summed E-state index contributed by atoms with van der Waals surface area (Å²) in [6.07, 6.45) is 5.30. The molecule has 0 spiro atoms. The predicted octanol–water partition coefficient (Wildman–Crippen LogP) is 7.22. The van der Waals surface area contributed by atoms with Crippen LogP contribution in [0.3, 0.4) is 0 Å². The lowest BCUT2D eigenvalue weighted by Gasteiger charge is -2.33. The monoisotopic (exact) mass is 531 g/mol. The summed E-state index contributed by atoms with van der Waals surface area (Å²) >= 11 is 0. The van der Waals surface area contributed by atoms with Crippen LogP contribution in [0, 0.1) is 11.3 Å². The van der Waals surface area contributed by atoms with Crippen molar-refractivity contribution < 1.29 is 9.53 Å². The van der Waals surface area contributed by atoms with Gasteiger partial charge in [0, 0.05) is 54.4 Å². The van der Waals surface area contributed by atoms with Crippen LogP contribution in [0.2, 0.25) is 0 Å². The van der Waals surface area contributed by atoms with Gasteiger partial charge in [-0.25, -0.2) is 9.78 Å². The zero-order valence-electron chi connectivity index (χ0n) is 23.1. The molecule has 6 rings (SSSR count). The zero-order valence-corrected chi connectivity index (χ0v) is 23.1. The molecule has 4 heterocycles. The zero-order chi connectivity index (χ0) is 27.9. The fourth-order valence-corrected chi connectivity index (χ4v) is 5.68. The van der Waals surface area contributed by atoms with Gasteiger partial charge in [-0.2, -0.15) is 5.26 Å². The number of ether oxygens (including phenoxy) is 1. The number of nitrogens with zero attached hydrogens (tertiary/aromatic N) is 4. The number of aromatic nitrogens is 3. The summed E-state index contributed by atoms with van der Waals surface area (Å²) in [6, 6.07) is 23.3. The van der Waals surface area contributed by atoms with Crippen LogP contribution < -0.4 is 0 Å². The number of aromatic amines is 1. The van der Waals surface area contributed by atoms with Gasteiger partial charge < -0.3 is 19.2 Å². The maximum Gasteiger partial charge on any atom is 0.410 e. The summed E-state index contributed by atoms with van der Waals surface area (Å²) in [5.41, 5.74) is 6.61. The molecule has 0 radical (unpaired) electrons. The number of amides is 1. The summed E-state index contributed by atoms with van der Waals surface area (Å²) in [7, 11) is 0. The Bertz CT molecular complexity index is 1730. The molecule has 3 aromatic heterocycles. The molecular formula is C33H33N5O2. The van der Waals surface area contributed by atoms with Gasteiger partial charge in [0.05, 0.1) is 11.1 Å². The second-order valence-corrected chi connectivity index (χ2v) is 11.6. The van der Waals surface area contributed by atoms with E-state index in [1.54, 1.807) is 0 Å². The van der Waals surface area contributed by atoms with Crippen LogP contribution >= 0.6 is 0 Å². The third-order valence-corrected chi connectivity index (χ3v) is 7.65. The summed E-state index contributed by atoms with van der Waals surface area (Å²) in [4.78, 5) is 22.5. The molecule has 5 aromatic rings. The molecule has 0 bridgehead atoms. The molecule has 1 fully saturated rings. The highest BCUT2D eigenvalue weighted by molar-refractivity contribution is 5.97. The van der Waals surface area contributed by atoms with Crippen LogP contribution in [0.15, 0.2) is 73.1 Å². The van der Waals surface area contributed by atoms with Crippen molar-refractivity contribution in [2.24, 2.45) is 0 Å². The van der Waals surface area contributed by atoms with E-state index >= 15 is 0 Å². The van der Waals surface area contributed by atoms with E-state index in [0.717, 1.165) is 51.6 Å². The third kappa shape index (κ3) is 5.05. The Balaban J connectivity index is 1.29. The normalized spacial score (nSPS) is 14.5. The van der Waals surface area contributed by atoms with Crippen molar-refractivity contribution in [3.63, 3.8) is 0 Å². The topological polar surface area (TPSA) is 86.9 Å². The van der Waals surface area contributed by atoms with Crippen molar-refractivity contribution in [2.45, 2.75) is 51.7 Å². The van der Waals surface area contributed by atoms with Gasteiger partial charge in [0.1, 0.15) is 17.3 Å². The van der Waals surface area contributed by atoms with Crippen molar-refractivity contribution in [1.29, 1.82) is 5.26 Å². The Morgan fingerprint density at radius 1 is 1.07 bits per heavy atom. The lowest BCUT2D eigenvalue weighted by Crippen LogP contribution is -2.41. The summed E-state index contributed by atoms with van der Waals surface area (Å²) in [6.45, 7) is 7.73. The number of benzene rings is 2. The molecule has 0 aliphatic carbocycles. The quantitative estimate of drug-likeness (QED) is 0.265. The smallest absolute Gasteiger partial charge is 0.410 e. The molecule has 1 amide bonds. The number of piperidine rings is 1. The molecule has 1 saturated heterocycles. The molecule has 1 aliphatic rings. The highest BCUT2D eigenvalue weighted by Gasteiger charge is 2.28. The number of carbonyl (C=O) groups excluding carboxylic acids is 1. The van der Waals surface area contributed by atoms with Gasteiger partial charge in [0.25, 0.3) is 0 Å². The summed E-state index contributed by atoms with van der Waals surface area (Å²) in [5.74, 6) is 0.324. The Kier molecular flexibility index (Phi) is 6.55. The molecule has 40 heavy (non-hydrogen) atoms. The van der Waals surface area contributed by atoms with Crippen LogP contribution in [-0.4, -0.2) is 44.2 Å². The molecule has 1 N–H and O–H groups in total. The van der Waals surface area contributed by atoms with Gasteiger partial charge in [0.2, 0.25) is 0 Å². The summed E-state index contributed by atoms with van der Waals surface area (Å²) < 4.78 is 7.72. The number of fused-ring (bicyclic) bond motifs is 2. The van der Waals surface area contributed by atoms with Crippen LogP contribution in [0.25, 0.3) is 33.1 Å². The van der Waals surface area contributed by atoms with E-state index in [0.29, 0.717) is 31.1 Å². The van der Waals surface area contributed by atoms with Crippen molar-refractivity contribution in [3.8, 4) is 17.2 Å². The standard InChI is InChI=1S/C33H33N5O2/c1-33(2,3)40-32(39)37-15-12-23(13-16-37)29-18-28-26(11-14-35-31(28)36-29)24-9-10-27-25(19-34)21-38(30(27)17-24)20-22-7-5-4-6-8-22/h4-11,14,17-18,21,23H,12-13,15-16,20H2,1-3H3,(H,35,36). The van der Waals surface area contributed by atoms with Crippen molar-refractivity contribution >= 4 is 28.0 Å². The number of likely N-dealkylation sites (tertiary alicyclic amines) is 1. The average molecular weight is 532 g/mol. The SMILES string of the molecule is CC(C)(C)OC(=O)N1CCC(c2cc3c(-c4ccc5c(C#N)cn(Cc6ccccc6)c5c4)ccnc3[nH]2)CC1. The number of pyridine rings is 1. The average Bonchev–Trinajstić information content (AvgIpc) is 3.54. The fourth-order valence-electron chi connectivity index (χ4n) is 5.68. The molecular weight excluding hydrogens is 498 g/mol. The molecule has 0 saturated carbocycles. The molecule has 7 heteroatoms. The minimum atomic E-state index is -0.491. The molecule has 0 atom stereocenters. The second kappa shape index (κ2) is 10.2. The number of H-pyrrole nitrogens is 1. The van der Waals surface area contributed by atoms with E-state index in [2.05, 4.69) is 63.1 Å². The molecule has 2 aromatic carbocycles. The van der Waals surface area contributed by atoms with Crippen molar-refractivity contribution in [3.05, 3.63) is 89.9 Å². The lowest BCUT2D eigenvalue weighted by atomic mass is 9.93. The maximum atomic E-state index is 12.5. The van der Waals surface area contributed by atoms with E-state index in [1.807, 2.05) is 56.3 Å². The third-order valence-electron chi connectivity index (χ3n) is 7.65. The first-order valence-corrected chi connectivity index (χ1v) is 13.8. The molecule has 202 valence electrons. The Morgan fingerprint density at radius 3 is 2.58 bits per heavy atom.